The summed E-state index contributed by atoms with van der Waals surface area (Å²) in [7, 11) is 1.35. The Kier molecular flexibility index (Phi) is 3.98. The molecule has 7 heteroatoms. The first kappa shape index (κ1) is 14.8. The molecule has 0 atom stereocenters. The van der Waals surface area contributed by atoms with Gasteiger partial charge < -0.3 is 10.1 Å². The number of aryl methyl sites for hydroxylation is 1. The zero-order valence-corrected chi connectivity index (χ0v) is 13.3. The summed E-state index contributed by atoms with van der Waals surface area (Å²) in [5.74, 6) is -0.254. The second kappa shape index (κ2) is 5.92. The number of hydrogen-bond donors (Lipinski definition) is 1. The minimum atomic E-state index is -0.400. The number of aromatic nitrogens is 2. The summed E-state index contributed by atoms with van der Waals surface area (Å²) >= 11 is 1.36. The predicted octanol–water partition coefficient (Wildman–Crippen LogP) is 2.88. The highest BCUT2D eigenvalue weighted by Gasteiger charge is 2.32. The standard InChI is InChI=1S/C15H17N3O3S/c1-3-18-7-10(6-16-18)13(19)17-14-12(15(20)21-2)11(8-22-14)9-4-5-9/h6-9H,3-5H2,1-2H3,(H,17,19). The fourth-order valence-electron chi connectivity index (χ4n) is 2.30. The number of thiophene rings is 1. The summed E-state index contributed by atoms with van der Waals surface area (Å²) in [6, 6.07) is 0. The molecule has 0 saturated heterocycles. The van der Waals surface area contributed by atoms with Crippen LogP contribution in [0.2, 0.25) is 0 Å². The van der Waals surface area contributed by atoms with E-state index in [2.05, 4.69) is 10.4 Å². The molecular formula is C15H17N3O3S. The lowest BCUT2D eigenvalue weighted by Crippen LogP contribution is -2.14. The summed E-state index contributed by atoms with van der Waals surface area (Å²) in [4.78, 5) is 24.3. The SMILES string of the molecule is CCn1cc(C(=O)Nc2scc(C3CC3)c2C(=O)OC)cn1. The van der Waals surface area contributed by atoms with Crippen LogP contribution in [0.4, 0.5) is 5.00 Å². The van der Waals surface area contributed by atoms with Crippen LogP contribution >= 0.6 is 11.3 Å². The van der Waals surface area contributed by atoms with Crippen molar-refractivity contribution in [1.29, 1.82) is 0 Å². The van der Waals surface area contributed by atoms with E-state index in [1.54, 1.807) is 10.9 Å². The van der Waals surface area contributed by atoms with Crippen LogP contribution in [0.25, 0.3) is 0 Å². The lowest BCUT2D eigenvalue weighted by atomic mass is 10.1. The Labute approximate surface area is 132 Å². The van der Waals surface area contributed by atoms with E-state index in [1.807, 2.05) is 12.3 Å². The van der Waals surface area contributed by atoms with Crippen molar-refractivity contribution in [2.75, 3.05) is 12.4 Å². The maximum atomic E-state index is 12.3. The van der Waals surface area contributed by atoms with Gasteiger partial charge in [-0.15, -0.1) is 11.3 Å². The minimum absolute atomic E-state index is 0.269. The van der Waals surface area contributed by atoms with Crippen molar-refractivity contribution >= 4 is 28.2 Å². The highest BCUT2D eigenvalue weighted by molar-refractivity contribution is 7.15. The van der Waals surface area contributed by atoms with Gasteiger partial charge in [-0.3, -0.25) is 9.48 Å². The Morgan fingerprint density at radius 2 is 2.27 bits per heavy atom. The van der Waals surface area contributed by atoms with Crippen molar-refractivity contribution in [2.45, 2.75) is 32.2 Å². The molecule has 2 heterocycles. The number of hydrogen-bond acceptors (Lipinski definition) is 5. The van der Waals surface area contributed by atoms with Crippen molar-refractivity contribution in [3.63, 3.8) is 0 Å². The average molecular weight is 319 g/mol. The molecule has 0 spiro atoms. The van der Waals surface area contributed by atoms with E-state index >= 15 is 0 Å². The molecule has 0 unspecified atom stereocenters. The van der Waals surface area contributed by atoms with Gasteiger partial charge in [0.05, 0.1) is 24.4 Å². The number of carbonyl (C=O) groups excluding carboxylic acids is 2. The Morgan fingerprint density at radius 3 is 2.86 bits per heavy atom. The third kappa shape index (κ3) is 2.76. The Balaban J connectivity index is 1.85. The maximum Gasteiger partial charge on any atom is 0.341 e. The molecular weight excluding hydrogens is 302 g/mol. The number of rotatable bonds is 5. The summed E-state index contributed by atoms with van der Waals surface area (Å²) < 4.78 is 6.54. The number of nitrogens with zero attached hydrogens (tertiary/aromatic N) is 2. The summed E-state index contributed by atoms with van der Waals surface area (Å²) in [5.41, 5.74) is 1.95. The molecule has 0 aliphatic heterocycles. The molecule has 6 nitrogen and oxygen atoms in total. The molecule has 1 saturated carbocycles. The van der Waals surface area contributed by atoms with Gasteiger partial charge in [-0.25, -0.2) is 4.79 Å². The highest BCUT2D eigenvalue weighted by atomic mass is 32.1. The van der Waals surface area contributed by atoms with Crippen molar-refractivity contribution in [3.8, 4) is 0 Å². The van der Waals surface area contributed by atoms with Gasteiger partial charge in [0.15, 0.2) is 0 Å². The first-order valence-electron chi connectivity index (χ1n) is 7.17. The Bertz CT molecular complexity index is 715. The van der Waals surface area contributed by atoms with E-state index in [1.165, 1.54) is 24.6 Å². The monoisotopic (exact) mass is 319 g/mol. The van der Waals surface area contributed by atoms with E-state index in [4.69, 9.17) is 4.74 Å². The van der Waals surface area contributed by atoms with E-state index in [-0.39, 0.29) is 5.91 Å². The van der Waals surface area contributed by atoms with Gasteiger partial charge in [0.2, 0.25) is 0 Å². The average Bonchev–Trinajstić information content (AvgIpc) is 3.11. The van der Waals surface area contributed by atoms with Crippen molar-refractivity contribution in [1.82, 2.24) is 9.78 Å². The molecule has 2 aromatic heterocycles. The second-order valence-electron chi connectivity index (χ2n) is 5.20. The fraction of sp³-hybridized carbons (Fsp3) is 0.400. The zero-order chi connectivity index (χ0) is 15.7. The van der Waals surface area contributed by atoms with Gasteiger partial charge in [0.1, 0.15) is 5.00 Å². The van der Waals surface area contributed by atoms with E-state index in [9.17, 15) is 9.59 Å². The normalized spacial score (nSPS) is 13.9. The van der Waals surface area contributed by atoms with Crippen LogP contribution in [-0.4, -0.2) is 28.8 Å². The second-order valence-corrected chi connectivity index (χ2v) is 6.08. The van der Waals surface area contributed by atoms with Gasteiger partial charge in [-0.05, 0) is 36.6 Å². The summed E-state index contributed by atoms with van der Waals surface area (Å²) in [5, 5.41) is 9.37. The molecule has 0 bridgehead atoms. The molecule has 3 rings (SSSR count). The number of nitrogens with one attached hydrogen (secondary N) is 1. The molecule has 1 aliphatic carbocycles. The first-order chi connectivity index (χ1) is 10.6. The highest BCUT2D eigenvalue weighted by Crippen LogP contribution is 2.46. The molecule has 1 N–H and O–H groups in total. The summed E-state index contributed by atoms with van der Waals surface area (Å²) in [6.45, 7) is 2.65. The molecule has 2 aromatic rings. The van der Waals surface area contributed by atoms with Crippen molar-refractivity contribution in [3.05, 3.63) is 34.5 Å². The minimum Gasteiger partial charge on any atom is -0.465 e. The van der Waals surface area contributed by atoms with E-state index in [0.717, 1.165) is 18.4 Å². The topological polar surface area (TPSA) is 73.2 Å². The fourth-order valence-corrected chi connectivity index (χ4v) is 3.33. The molecule has 0 radical (unpaired) electrons. The number of anilines is 1. The van der Waals surface area contributed by atoms with Gasteiger partial charge in [0.25, 0.3) is 5.91 Å². The molecule has 116 valence electrons. The van der Waals surface area contributed by atoms with E-state index < -0.39 is 5.97 Å². The molecule has 0 aromatic carbocycles. The lowest BCUT2D eigenvalue weighted by Gasteiger charge is -2.06. The number of carbonyl (C=O) groups is 2. The smallest absolute Gasteiger partial charge is 0.341 e. The lowest BCUT2D eigenvalue weighted by molar-refractivity contribution is 0.0601. The quantitative estimate of drug-likeness (QED) is 0.860. The van der Waals surface area contributed by atoms with Crippen molar-refractivity contribution in [2.24, 2.45) is 0 Å². The van der Waals surface area contributed by atoms with Crippen LogP contribution in [0.15, 0.2) is 17.8 Å². The number of esters is 1. The number of amides is 1. The van der Waals surface area contributed by atoms with Crippen LogP contribution in [0.3, 0.4) is 0 Å². The zero-order valence-electron chi connectivity index (χ0n) is 12.5. The van der Waals surface area contributed by atoms with Crippen LogP contribution in [0.5, 0.6) is 0 Å². The number of ether oxygens (including phenoxy) is 1. The molecule has 1 fully saturated rings. The third-order valence-electron chi connectivity index (χ3n) is 3.67. The molecule has 1 amide bonds. The van der Waals surface area contributed by atoms with E-state index in [0.29, 0.717) is 28.6 Å². The van der Waals surface area contributed by atoms with Gasteiger partial charge in [-0.2, -0.15) is 5.10 Å². The first-order valence-corrected chi connectivity index (χ1v) is 8.05. The predicted molar refractivity (Wildman–Crippen MR) is 83.5 cm³/mol. The van der Waals surface area contributed by atoms with Gasteiger partial charge in [0, 0.05) is 12.7 Å². The number of methoxy groups -OCH3 is 1. The van der Waals surface area contributed by atoms with Crippen LogP contribution in [0.1, 0.15) is 52.0 Å². The van der Waals surface area contributed by atoms with Gasteiger partial charge in [-0.1, -0.05) is 0 Å². The van der Waals surface area contributed by atoms with Crippen LogP contribution in [-0.2, 0) is 11.3 Å². The maximum absolute atomic E-state index is 12.3. The van der Waals surface area contributed by atoms with Crippen LogP contribution < -0.4 is 5.32 Å². The Morgan fingerprint density at radius 1 is 1.50 bits per heavy atom. The van der Waals surface area contributed by atoms with Crippen LogP contribution in [0, 0.1) is 0 Å². The molecule has 1 aliphatic rings. The molecule has 22 heavy (non-hydrogen) atoms. The largest absolute Gasteiger partial charge is 0.465 e. The van der Waals surface area contributed by atoms with Crippen molar-refractivity contribution < 1.29 is 14.3 Å². The van der Waals surface area contributed by atoms with Gasteiger partial charge >= 0.3 is 5.97 Å². The summed E-state index contributed by atoms with van der Waals surface area (Å²) in [6.07, 6.45) is 5.36. The Hall–Kier alpha value is -2.15. The third-order valence-corrected chi connectivity index (χ3v) is 4.59.